The van der Waals surface area contributed by atoms with E-state index in [1.807, 2.05) is 12.3 Å². The number of nitrogens with zero attached hydrogens (tertiary/aromatic N) is 1. The minimum Gasteiger partial charge on any atom is -0.256 e. The van der Waals surface area contributed by atoms with Gasteiger partial charge in [0.05, 0.1) is 5.69 Å². The fraction of sp³-hybridized carbons (Fsp3) is 0.227. The van der Waals surface area contributed by atoms with Gasteiger partial charge in [0, 0.05) is 11.8 Å². The topological polar surface area (TPSA) is 12.9 Å². The van der Waals surface area contributed by atoms with Gasteiger partial charge in [0.2, 0.25) is 0 Å². The highest BCUT2D eigenvalue weighted by molar-refractivity contribution is 5.71. The first-order valence-corrected chi connectivity index (χ1v) is 8.07. The van der Waals surface area contributed by atoms with Gasteiger partial charge in [0.1, 0.15) is 0 Å². The summed E-state index contributed by atoms with van der Waals surface area (Å²) < 4.78 is 0. The van der Waals surface area contributed by atoms with Crippen molar-refractivity contribution in [1.29, 1.82) is 0 Å². The first kappa shape index (κ1) is 15.5. The highest BCUT2D eigenvalue weighted by atomic mass is 14.7. The summed E-state index contributed by atoms with van der Waals surface area (Å²) >= 11 is 0. The molecule has 0 radical (unpaired) electrons. The molecule has 0 spiro atoms. The lowest BCUT2D eigenvalue weighted by Gasteiger charge is -2.19. The maximum Gasteiger partial charge on any atom is 0.0704 e. The second-order valence-corrected chi connectivity index (χ2v) is 7.13. The van der Waals surface area contributed by atoms with Crippen molar-refractivity contribution in [2.45, 2.75) is 33.1 Å². The molecule has 0 amide bonds. The number of hydrogen-bond donors (Lipinski definition) is 0. The number of benzene rings is 2. The van der Waals surface area contributed by atoms with Gasteiger partial charge in [-0.3, -0.25) is 4.98 Å². The van der Waals surface area contributed by atoms with Crippen LogP contribution in [0.4, 0.5) is 0 Å². The third kappa shape index (κ3) is 3.50. The molecule has 0 aliphatic carbocycles. The predicted octanol–water partition coefficient (Wildman–Crippen LogP) is 6.02. The Balaban J connectivity index is 1.97. The molecule has 0 saturated heterocycles. The summed E-state index contributed by atoms with van der Waals surface area (Å²) in [6.45, 7) is 8.82. The van der Waals surface area contributed by atoms with Crippen molar-refractivity contribution in [1.82, 2.24) is 4.98 Å². The normalized spacial score (nSPS) is 11.5. The fourth-order valence-corrected chi connectivity index (χ4v) is 2.71. The van der Waals surface area contributed by atoms with E-state index in [0.717, 1.165) is 11.3 Å². The van der Waals surface area contributed by atoms with E-state index >= 15 is 0 Å². The van der Waals surface area contributed by atoms with Crippen molar-refractivity contribution in [3.8, 4) is 22.4 Å². The molecular formula is C22H23N. The Bertz CT molecular complexity index is 808. The second-order valence-electron chi connectivity index (χ2n) is 7.13. The molecule has 1 aromatic heterocycles. The minimum absolute atomic E-state index is 0.186. The van der Waals surface area contributed by atoms with Gasteiger partial charge < -0.3 is 0 Å². The van der Waals surface area contributed by atoms with E-state index in [2.05, 4.69) is 87.3 Å². The van der Waals surface area contributed by atoms with E-state index in [1.54, 1.807) is 0 Å². The smallest absolute Gasteiger partial charge is 0.0704 e. The molecule has 3 aromatic rings. The molecule has 1 heterocycles. The summed E-state index contributed by atoms with van der Waals surface area (Å²) in [5.41, 5.74) is 7.43. The van der Waals surface area contributed by atoms with E-state index < -0.39 is 0 Å². The predicted molar refractivity (Wildman–Crippen MR) is 98.5 cm³/mol. The van der Waals surface area contributed by atoms with Crippen molar-refractivity contribution >= 4 is 0 Å². The molecule has 2 aromatic carbocycles. The van der Waals surface area contributed by atoms with E-state index in [0.29, 0.717) is 0 Å². The number of hydrogen-bond acceptors (Lipinski definition) is 1. The molecule has 0 N–H and O–H groups in total. The molecule has 0 unspecified atom stereocenters. The quantitative estimate of drug-likeness (QED) is 0.564. The minimum atomic E-state index is 0.186. The zero-order valence-corrected chi connectivity index (χ0v) is 14.3. The molecule has 0 atom stereocenters. The van der Waals surface area contributed by atoms with Crippen molar-refractivity contribution in [2.24, 2.45) is 0 Å². The molecule has 0 fully saturated rings. The molecule has 1 nitrogen and oxygen atoms in total. The van der Waals surface area contributed by atoms with Gasteiger partial charge in [-0.25, -0.2) is 0 Å². The van der Waals surface area contributed by atoms with Gasteiger partial charge in [-0.2, -0.15) is 0 Å². The van der Waals surface area contributed by atoms with Gasteiger partial charge in [-0.05, 0) is 52.8 Å². The van der Waals surface area contributed by atoms with Crippen LogP contribution in [0.15, 0.2) is 66.9 Å². The molecule has 0 aliphatic heterocycles. The average Bonchev–Trinajstić information content (AvgIpc) is 2.54. The maximum atomic E-state index is 4.49. The lowest BCUT2D eigenvalue weighted by atomic mass is 9.86. The summed E-state index contributed by atoms with van der Waals surface area (Å²) in [4.78, 5) is 4.49. The van der Waals surface area contributed by atoms with Gasteiger partial charge in [0.25, 0.3) is 0 Å². The third-order valence-electron chi connectivity index (χ3n) is 4.16. The van der Waals surface area contributed by atoms with E-state index in [4.69, 9.17) is 0 Å². The van der Waals surface area contributed by atoms with E-state index in [9.17, 15) is 0 Å². The highest BCUT2D eigenvalue weighted by Gasteiger charge is 2.13. The molecule has 3 rings (SSSR count). The van der Waals surface area contributed by atoms with Crippen LogP contribution in [0.1, 0.15) is 31.9 Å². The Morgan fingerprint density at radius 1 is 0.739 bits per heavy atom. The fourth-order valence-electron chi connectivity index (χ4n) is 2.71. The van der Waals surface area contributed by atoms with Gasteiger partial charge in [0.15, 0.2) is 0 Å². The third-order valence-corrected chi connectivity index (χ3v) is 4.16. The SMILES string of the molecule is Cc1ccnc(-c2cccc(-c3ccc(C(C)(C)C)cc3)c2)c1. The Morgan fingerprint density at radius 2 is 1.43 bits per heavy atom. The molecule has 116 valence electrons. The van der Waals surface area contributed by atoms with Crippen LogP contribution in [0, 0.1) is 6.92 Å². The number of pyridine rings is 1. The van der Waals surface area contributed by atoms with Crippen molar-refractivity contribution < 1.29 is 0 Å². The Kier molecular flexibility index (Phi) is 4.04. The summed E-state index contributed by atoms with van der Waals surface area (Å²) in [7, 11) is 0. The van der Waals surface area contributed by atoms with Gasteiger partial charge in [-0.1, -0.05) is 63.2 Å². The number of aryl methyl sites for hydroxylation is 1. The number of aromatic nitrogens is 1. The first-order valence-electron chi connectivity index (χ1n) is 8.07. The van der Waals surface area contributed by atoms with E-state index in [1.165, 1.54) is 22.3 Å². The van der Waals surface area contributed by atoms with Gasteiger partial charge >= 0.3 is 0 Å². The maximum absolute atomic E-state index is 4.49. The molecule has 0 bridgehead atoms. The van der Waals surface area contributed by atoms with Crippen LogP contribution in [0.2, 0.25) is 0 Å². The Morgan fingerprint density at radius 3 is 2.09 bits per heavy atom. The lowest BCUT2D eigenvalue weighted by molar-refractivity contribution is 0.590. The second kappa shape index (κ2) is 6.00. The molecule has 0 aliphatic rings. The first-order chi connectivity index (χ1) is 10.9. The van der Waals surface area contributed by atoms with Crippen LogP contribution in [-0.4, -0.2) is 4.98 Å². The largest absolute Gasteiger partial charge is 0.256 e. The molecular weight excluding hydrogens is 278 g/mol. The zero-order valence-electron chi connectivity index (χ0n) is 14.3. The van der Waals surface area contributed by atoms with Crippen LogP contribution in [0.25, 0.3) is 22.4 Å². The van der Waals surface area contributed by atoms with E-state index in [-0.39, 0.29) is 5.41 Å². The summed E-state index contributed by atoms with van der Waals surface area (Å²) in [6.07, 6.45) is 1.87. The molecule has 1 heteroatoms. The summed E-state index contributed by atoms with van der Waals surface area (Å²) in [6, 6.07) is 21.6. The van der Waals surface area contributed by atoms with Crippen molar-refractivity contribution in [3.05, 3.63) is 78.0 Å². The highest BCUT2D eigenvalue weighted by Crippen LogP contribution is 2.28. The zero-order chi connectivity index (χ0) is 16.4. The van der Waals surface area contributed by atoms with Crippen LogP contribution in [-0.2, 0) is 5.41 Å². The average molecular weight is 301 g/mol. The standard InChI is InChI=1S/C22H23N/c1-16-12-13-23-21(14-16)19-7-5-6-18(15-19)17-8-10-20(11-9-17)22(2,3)4/h5-15H,1-4H3. The summed E-state index contributed by atoms with van der Waals surface area (Å²) in [5.74, 6) is 0. The lowest BCUT2D eigenvalue weighted by Crippen LogP contribution is -2.10. The summed E-state index contributed by atoms with van der Waals surface area (Å²) in [5, 5.41) is 0. The van der Waals surface area contributed by atoms with Crippen molar-refractivity contribution in [2.75, 3.05) is 0 Å². The molecule has 23 heavy (non-hydrogen) atoms. The van der Waals surface area contributed by atoms with Crippen molar-refractivity contribution in [3.63, 3.8) is 0 Å². The van der Waals surface area contributed by atoms with Crippen LogP contribution in [0.5, 0.6) is 0 Å². The number of rotatable bonds is 2. The Hall–Kier alpha value is -2.41. The van der Waals surface area contributed by atoms with Gasteiger partial charge in [-0.15, -0.1) is 0 Å². The monoisotopic (exact) mass is 301 g/mol. The molecule has 0 saturated carbocycles. The Labute approximate surface area is 139 Å². The van der Waals surface area contributed by atoms with Crippen LogP contribution < -0.4 is 0 Å². The van der Waals surface area contributed by atoms with Crippen LogP contribution >= 0.6 is 0 Å². The van der Waals surface area contributed by atoms with Crippen LogP contribution in [0.3, 0.4) is 0 Å².